The van der Waals surface area contributed by atoms with Crippen molar-refractivity contribution in [3.63, 3.8) is 0 Å². The van der Waals surface area contributed by atoms with Crippen LogP contribution in [0, 0.1) is 24.0 Å². The maximum Gasteiger partial charge on any atom is 0.130 e. The topological polar surface area (TPSA) is 12.0 Å². The minimum Gasteiger partial charge on any atom is -0.307 e. The molecule has 0 saturated heterocycles. The minimum absolute atomic E-state index is 0.0510. The molecular formula is C17H25F2N. The lowest BCUT2D eigenvalue weighted by Gasteiger charge is -2.37. The van der Waals surface area contributed by atoms with Crippen molar-refractivity contribution in [1.29, 1.82) is 0 Å². The Hall–Kier alpha value is -0.960. The van der Waals surface area contributed by atoms with Crippen LogP contribution in [0.2, 0.25) is 0 Å². The molecule has 112 valence electrons. The second kappa shape index (κ2) is 5.80. The van der Waals surface area contributed by atoms with Gasteiger partial charge in [0, 0.05) is 23.7 Å². The molecule has 1 N–H and O–H groups in total. The van der Waals surface area contributed by atoms with Gasteiger partial charge in [-0.25, -0.2) is 8.78 Å². The molecule has 1 aliphatic rings. The van der Waals surface area contributed by atoms with Crippen molar-refractivity contribution in [1.82, 2.24) is 5.32 Å². The van der Waals surface area contributed by atoms with E-state index >= 15 is 0 Å². The third kappa shape index (κ3) is 3.03. The molecular weight excluding hydrogens is 256 g/mol. The first-order valence-electron chi connectivity index (χ1n) is 7.55. The van der Waals surface area contributed by atoms with Gasteiger partial charge < -0.3 is 5.32 Å². The van der Waals surface area contributed by atoms with E-state index < -0.39 is 11.6 Å². The molecule has 2 rings (SSSR count). The molecule has 1 unspecified atom stereocenters. The minimum atomic E-state index is -0.467. The summed E-state index contributed by atoms with van der Waals surface area (Å²) in [4.78, 5) is 0. The Balaban J connectivity index is 2.43. The SMILES string of the molecule is Cc1cc(C(NC(C)C)C2(C)CCCC2)c(F)cc1F. The Labute approximate surface area is 120 Å². The monoisotopic (exact) mass is 281 g/mol. The number of hydrogen-bond donors (Lipinski definition) is 1. The van der Waals surface area contributed by atoms with E-state index in [0.717, 1.165) is 18.9 Å². The van der Waals surface area contributed by atoms with E-state index in [-0.39, 0.29) is 17.5 Å². The normalized spacial score (nSPS) is 19.6. The highest BCUT2D eigenvalue weighted by Crippen LogP contribution is 2.48. The summed E-state index contributed by atoms with van der Waals surface area (Å²) in [6.07, 6.45) is 4.56. The predicted octanol–water partition coefficient (Wildman–Crippen LogP) is 4.89. The van der Waals surface area contributed by atoms with Gasteiger partial charge in [-0.3, -0.25) is 0 Å². The Morgan fingerprint density at radius 2 is 1.70 bits per heavy atom. The van der Waals surface area contributed by atoms with E-state index in [0.29, 0.717) is 11.1 Å². The summed E-state index contributed by atoms with van der Waals surface area (Å²) < 4.78 is 27.8. The standard InChI is InChI=1S/C17H25F2N/c1-11(2)20-16(17(4)7-5-6-8-17)13-9-12(3)14(18)10-15(13)19/h9-11,16,20H,5-8H2,1-4H3. The predicted molar refractivity (Wildman–Crippen MR) is 78.7 cm³/mol. The van der Waals surface area contributed by atoms with Gasteiger partial charge in [0.25, 0.3) is 0 Å². The zero-order valence-corrected chi connectivity index (χ0v) is 12.9. The number of halogens is 2. The highest BCUT2D eigenvalue weighted by molar-refractivity contribution is 5.30. The zero-order valence-electron chi connectivity index (χ0n) is 12.9. The van der Waals surface area contributed by atoms with Gasteiger partial charge >= 0.3 is 0 Å². The first-order valence-corrected chi connectivity index (χ1v) is 7.55. The van der Waals surface area contributed by atoms with Crippen LogP contribution >= 0.6 is 0 Å². The first-order chi connectivity index (χ1) is 9.33. The molecule has 0 bridgehead atoms. The summed E-state index contributed by atoms with van der Waals surface area (Å²) in [7, 11) is 0. The van der Waals surface area contributed by atoms with Crippen LogP contribution in [0.1, 0.15) is 63.6 Å². The summed E-state index contributed by atoms with van der Waals surface area (Å²) in [6, 6.07) is 2.91. The summed E-state index contributed by atoms with van der Waals surface area (Å²) >= 11 is 0. The van der Waals surface area contributed by atoms with Crippen LogP contribution in [-0.2, 0) is 0 Å². The van der Waals surface area contributed by atoms with Crippen LogP contribution in [0.25, 0.3) is 0 Å². The lowest BCUT2D eigenvalue weighted by molar-refractivity contribution is 0.207. The van der Waals surface area contributed by atoms with Crippen molar-refractivity contribution < 1.29 is 8.78 Å². The number of nitrogens with one attached hydrogen (secondary N) is 1. The van der Waals surface area contributed by atoms with Crippen LogP contribution in [0.15, 0.2) is 12.1 Å². The Bertz CT molecular complexity index is 476. The summed E-state index contributed by atoms with van der Waals surface area (Å²) in [5, 5.41) is 3.50. The molecule has 1 aromatic carbocycles. The quantitative estimate of drug-likeness (QED) is 0.828. The fourth-order valence-electron chi connectivity index (χ4n) is 3.37. The third-order valence-electron chi connectivity index (χ3n) is 4.53. The molecule has 20 heavy (non-hydrogen) atoms. The van der Waals surface area contributed by atoms with Crippen LogP contribution in [0.5, 0.6) is 0 Å². The number of aryl methyl sites for hydroxylation is 1. The average Bonchev–Trinajstić information content (AvgIpc) is 2.79. The smallest absolute Gasteiger partial charge is 0.130 e. The molecule has 1 saturated carbocycles. The Morgan fingerprint density at radius 3 is 2.25 bits per heavy atom. The van der Waals surface area contributed by atoms with Crippen LogP contribution < -0.4 is 5.32 Å². The highest BCUT2D eigenvalue weighted by Gasteiger charge is 2.39. The van der Waals surface area contributed by atoms with Crippen molar-refractivity contribution in [2.75, 3.05) is 0 Å². The number of benzene rings is 1. The van der Waals surface area contributed by atoms with E-state index in [1.54, 1.807) is 13.0 Å². The molecule has 0 heterocycles. The molecule has 1 fully saturated rings. The fourth-order valence-corrected chi connectivity index (χ4v) is 3.37. The molecule has 0 radical (unpaired) electrons. The number of rotatable bonds is 4. The molecule has 1 aromatic rings. The van der Waals surface area contributed by atoms with Gasteiger partial charge in [0.05, 0.1) is 0 Å². The van der Waals surface area contributed by atoms with Gasteiger partial charge in [0.2, 0.25) is 0 Å². The van der Waals surface area contributed by atoms with Gasteiger partial charge in [-0.2, -0.15) is 0 Å². The second-order valence-electron chi connectivity index (χ2n) is 6.74. The van der Waals surface area contributed by atoms with Gasteiger partial charge in [-0.1, -0.05) is 33.6 Å². The lowest BCUT2D eigenvalue weighted by atomic mass is 9.76. The molecule has 0 amide bonds. The van der Waals surface area contributed by atoms with E-state index in [1.165, 1.54) is 12.8 Å². The summed E-state index contributed by atoms with van der Waals surface area (Å²) in [5.74, 6) is -0.898. The lowest BCUT2D eigenvalue weighted by Crippen LogP contribution is -2.39. The van der Waals surface area contributed by atoms with Crippen LogP contribution in [0.3, 0.4) is 0 Å². The summed E-state index contributed by atoms with van der Waals surface area (Å²) in [6.45, 7) is 8.05. The van der Waals surface area contributed by atoms with Crippen molar-refractivity contribution in [3.05, 3.63) is 34.9 Å². The molecule has 0 spiro atoms. The van der Waals surface area contributed by atoms with Crippen molar-refractivity contribution in [2.45, 2.75) is 65.5 Å². The van der Waals surface area contributed by atoms with E-state index in [4.69, 9.17) is 0 Å². The third-order valence-corrected chi connectivity index (χ3v) is 4.53. The maximum absolute atomic E-state index is 14.3. The molecule has 1 nitrogen and oxygen atoms in total. The zero-order chi connectivity index (χ0) is 14.9. The Morgan fingerprint density at radius 1 is 1.10 bits per heavy atom. The van der Waals surface area contributed by atoms with E-state index in [1.807, 2.05) is 0 Å². The second-order valence-corrected chi connectivity index (χ2v) is 6.74. The maximum atomic E-state index is 14.3. The van der Waals surface area contributed by atoms with E-state index in [2.05, 4.69) is 26.1 Å². The summed E-state index contributed by atoms with van der Waals surface area (Å²) in [5.41, 5.74) is 1.18. The number of hydrogen-bond acceptors (Lipinski definition) is 1. The van der Waals surface area contributed by atoms with Crippen molar-refractivity contribution in [2.24, 2.45) is 5.41 Å². The van der Waals surface area contributed by atoms with E-state index in [9.17, 15) is 8.78 Å². The van der Waals surface area contributed by atoms with Crippen molar-refractivity contribution >= 4 is 0 Å². The van der Waals surface area contributed by atoms with Gasteiger partial charge in [0.15, 0.2) is 0 Å². The Kier molecular flexibility index (Phi) is 4.48. The molecule has 3 heteroatoms. The van der Waals surface area contributed by atoms with Crippen LogP contribution in [0.4, 0.5) is 8.78 Å². The van der Waals surface area contributed by atoms with Crippen LogP contribution in [-0.4, -0.2) is 6.04 Å². The van der Waals surface area contributed by atoms with Crippen molar-refractivity contribution in [3.8, 4) is 0 Å². The fraction of sp³-hybridized carbons (Fsp3) is 0.647. The average molecular weight is 281 g/mol. The molecule has 0 aliphatic heterocycles. The molecule has 1 atom stereocenters. The molecule has 1 aliphatic carbocycles. The van der Waals surface area contributed by atoms with Gasteiger partial charge in [-0.05, 0) is 36.8 Å². The first kappa shape index (κ1) is 15.4. The van der Waals surface area contributed by atoms with Gasteiger partial charge in [0.1, 0.15) is 11.6 Å². The largest absolute Gasteiger partial charge is 0.307 e. The van der Waals surface area contributed by atoms with Gasteiger partial charge in [-0.15, -0.1) is 0 Å². The molecule has 0 aromatic heterocycles. The highest BCUT2D eigenvalue weighted by atomic mass is 19.1.